The fraction of sp³-hybridized carbons (Fsp3) is 0.231. The lowest BCUT2D eigenvalue weighted by Crippen LogP contribution is -2.34. The average molecular weight is 233 g/mol. The van der Waals surface area contributed by atoms with Crippen molar-refractivity contribution in [3.05, 3.63) is 42.0 Å². The van der Waals surface area contributed by atoms with Crippen molar-refractivity contribution in [2.45, 2.75) is 13.8 Å². The number of carboxylic acid groups (broad SMARTS) is 1. The number of amides is 1. The fourth-order valence-electron chi connectivity index (χ4n) is 1.39. The SMILES string of the molecule is C/C=C/C(=O)N(CC(=O)O)c1ccc(C)cc1. The molecule has 0 radical (unpaired) electrons. The molecule has 1 amide bonds. The van der Waals surface area contributed by atoms with E-state index in [-0.39, 0.29) is 12.5 Å². The van der Waals surface area contributed by atoms with Crippen molar-refractivity contribution >= 4 is 17.6 Å². The number of anilines is 1. The molecular formula is C13H15NO3. The van der Waals surface area contributed by atoms with Crippen LogP contribution in [0.5, 0.6) is 0 Å². The molecule has 0 unspecified atom stereocenters. The highest BCUT2D eigenvalue weighted by atomic mass is 16.4. The number of rotatable bonds is 4. The molecule has 4 heteroatoms. The molecule has 4 nitrogen and oxygen atoms in total. The largest absolute Gasteiger partial charge is 0.480 e. The maximum Gasteiger partial charge on any atom is 0.323 e. The third-order valence-electron chi connectivity index (χ3n) is 2.21. The summed E-state index contributed by atoms with van der Waals surface area (Å²) < 4.78 is 0. The predicted molar refractivity (Wildman–Crippen MR) is 66.0 cm³/mol. The first-order valence-electron chi connectivity index (χ1n) is 5.27. The van der Waals surface area contributed by atoms with Crippen LogP contribution < -0.4 is 4.90 Å². The number of nitrogens with zero attached hydrogens (tertiary/aromatic N) is 1. The summed E-state index contributed by atoms with van der Waals surface area (Å²) in [6.07, 6.45) is 2.94. The fourth-order valence-corrected chi connectivity index (χ4v) is 1.39. The van der Waals surface area contributed by atoms with Gasteiger partial charge < -0.3 is 5.11 Å². The molecule has 0 aliphatic rings. The molecule has 1 N–H and O–H groups in total. The van der Waals surface area contributed by atoms with Gasteiger partial charge in [-0.2, -0.15) is 0 Å². The van der Waals surface area contributed by atoms with E-state index >= 15 is 0 Å². The molecule has 0 saturated carbocycles. The Morgan fingerprint density at radius 1 is 1.29 bits per heavy atom. The van der Waals surface area contributed by atoms with Crippen LogP contribution in [0.15, 0.2) is 36.4 Å². The molecule has 0 saturated heterocycles. The summed E-state index contributed by atoms with van der Waals surface area (Å²) in [7, 11) is 0. The molecule has 90 valence electrons. The lowest BCUT2D eigenvalue weighted by atomic mass is 10.2. The topological polar surface area (TPSA) is 57.6 Å². The van der Waals surface area contributed by atoms with Crippen molar-refractivity contribution < 1.29 is 14.7 Å². The Labute approximate surface area is 100 Å². The molecule has 0 aliphatic carbocycles. The Morgan fingerprint density at radius 3 is 2.35 bits per heavy atom. The minimum atomic E-state index is -1.04. The number of hydrogen-bond acceptors (Lipinski definition) is 2. The number of carboxylic acids is 1. The molecule has 0 aromatic heterocycles. The number of hydrogen-bond donors (Lipinski definition) is 1. The van der Waals surface area contributed by atoms with Gasteiger partial charge in [-0.3, -0.25) is 14.5 Å². The van der Waals surface area contributed by atoms with Gasteiger partial charge >= 0.3 is 5.97 Å². The molecule has 0 atom stereocenters. The van der Waals surface area contributed by atoms with Crippen molar-refractivity contribution in [1.29, 1.82) is 0 Å². The molecule has 0 bridgehead atoms. The normalized spacial score (nSPS) is 10.5. The second-order valence-electron chi connectivity index (χ2n) is 3.65. The van der Waals surface area contributed by atoms with Gasteiger partial charge in [-0.15, -0.1) is 0 Å². The highest BCUT2D eigenvalue weighted by Gasteiger charge is 2.16. The second kappa shape index (κ2) is 5.84. The summed E-state index contributed by atoms with van der Waals surface area (Å²) in [4.78, 5) is 23.7. The second-order valence-corrected chi connectivity index (χ2v) is 3.65. The Bertz CT molecular complexity index is 434. The number of carbonyl (C=O) groups is 2. The first-order chi connectivity index (χ1) is 8.04. The Kier molecular flexibility index (Phi) is 4.46. The molecular weight excluding hydrogens is 218 g/mol. The molecule has 1 aromatic carbocycles. The first kappa shape index (κ1) is 13.0. The number of aryl methyl sites for hydroxylation is 1. The smallest absolute Gasteiger partial charge is 0.323 e. The number of benzene rings is 1. The molecule has 0 aliphatic heterocycles. The lowest BCUT2D eigenvalue weighted by Gasteiger charge is -2.19. The molecule has 0 spiro atoms. The van der Waals surface area contributed by atoms with E-state index in [1.54, 1.807) is 25.1 Å². The van der Waals surface area contributed by atoms with Crippen molar-refractivity contribution in [2.24, 2.45) is 0 Å². The van der Waals surface area contributed by atoms with Crippen LogP contribution >= 0.6 is 0 Å². The summed E-state index contributed by atoms with van der Waals surface area (Å²) >= 11 is 0. The molecule has 17 heavy (non-hydrogen) atoms. The van der Waals surface area contributed by atoms with Gasteiger partial charge in [0.2, 0.25) is 0 Å². The van der Waals surface area contributed by atoms with Crippen molar-refractivity contribution in [3.63, 3.8) is 0 Å². The molecule has 1 rings (SSSR count). The van der Waals surface area contributed by atoms with Crippen LogP contribution in [0, 0.1) is 6.92 Å². The Hall–Kier alpha value is -2.10. The number of carbonyl (C=O) groups excluding carboxylic acids is 1. The van der Waals surface area contributed by atoms with Crippen molar-refractivity contribution in [1.82, 2.24) is 0 Å². The first-order valence-corrected chi connectivity index (χ1v) is 5.27. The van der Waals surface area contributed by atoms with Crippen LogP contribution in [0.25, 0.3) is 0 Å². The lowest BCUT2D eigenvalue weighted by molar-refractivity contribution is -0.136. The zero-order valence-electron chi connectivity index (χ0n) is 9.88. The van der Waals surface area contributed by atoms with E-state index in [1.807, 2.05) is 19.1 Å². The van der Waals surface area contributed by atoms with Crippen LogP contribution in [0.4, 0.5) is 5.69 Å². The van der Waals surface area contributed by atoms with Gasteiger partial charge in [-0.05, 0) is 32.1 Å². The van der Waals surface area contributed by atoms with Gasteiger partial charge in [0.15, 0.2) is 0 Å². The monoisotopic (exact) mass is 233 g/mol. The van der Waals surface area contributed by atoms with E-state index in [2.05, 4.69) is 0 Å². The highest BCUT2D eigenvalue weighted by Crippen LogP contribution is 2.15. The van der Waals surface area contributed by atoms with E-state index in [0.29, 0.717) is 5.69 Å². The van der Waals surface area contributed by atoms with Gasteiger partial charge in [0.25, 0.3) is 5.91 Å². The van der Waals surface area contributed by atoms with Crippen molar-refractivity contribution in [3.8, 4) is 0 Å². The zero-order valence-corrected chi connectivity index (χ0v) is 9.88. The van der Waals surface area contributed by atoms with Crippen LogP contribution in [-0.4, -0.2) is 23.5 Å². The minimum absolute atomic E-state index is 0.334. The average Bonchev–Trinajstić information content (AvgIpc) is 2.27. The highest BCUT2D eigenvalue weighted by molar-refractivity contribution is 6.04. The standard InChI is InChI=1S/C13H15NO3/c1-3-4-12(15)14(9-13(16)17)11-7-5-10(2)6-8-11/h3-8H,9H2,1-2H3,(H,16,17)/b4-3+. The maximum atomic E-state index is 11.7. The number of allylic oxidation sites excluding steroid dienone is 1. The van der Waals surface area contributed by atoms with Crippen LogP contribution in [-0.2, 0) is 9.59 Å². The summed E-state index contributed by atoms with van der Waals surface area (Å²) in [5.41, 5.74) is 1.64. The molecule has 1 aromatic rings. The quantitative estimate of drug-likeness (QED) is 0.809. The van der Waals surface area contributed by atoms with Gasteiger partial charge in [-0.25, -0.2) is 0 Å². The van der Waals surface area contributed by atoms with Crippen molar-refractivity contribution in [2.75, 3.05) is 11.4 Å². The van der Waals surface area contributed by atoms with Crippen LogP contribution in [0.2, 0.25) is 0 Å². The zero-order chi connectivity index (χ0) is 12.8. The molecule has 0 heterocycles. The summed E-state index contributed by atoms with van der Waals surface area (Å²) in [6.45, 7) is 3.30. The summed E-state index contributed by atoms with van der Waals surface area (Å²) in [6, 6.07) is 7.15. The van der Waals surface area contributed by atoms with Crippen LogP contribution in [0.3, 0.4) is 0 Å². The van der Waals surface area contributed by atoms with E-state index in [9.17, 15) is 9.59 Å². The van der Waals surface area contributed by atoms with Gasteiger partial charge in [0.05, 0.1) is 0 Å². The molecule has 0 fully saturated rings. The van der Waals surface area contributed by atoms with E-state index < -0.39 is 5.97 Å². The Balaban J connectivity index is 3.01. The Morgan fingerprint density at radius 2 is 1.88 bits per heavy atom. The third-order valence-corrected chi connectivity index (χ3v) is 2.21. The summed E-state index contributed by atoms with van der Waals surface area (Å²) in [5.74, 6) is -1.37. The van der Waals surface area contributed by atoms with Crippen LogP contribution in [0.1, 0.15) is 12.5 Å². The van der Waals surface area contributed by atoms with E-state index in [0.717, 1.165) is 5.56 Å². The van der Waals surface area contributed by atoms with Gasteiger partial charge in [0, 0.05) is 5.69 Å². The predicted octanol–water partition coefficient (Wildman–Crippen LogP) is 1.99. The maximum absolute atomic E-state index is 11.7. The van der Waals surface area contributed by atoms with Gasteiger partial charge in [-0.1, -0.05) is 23.8 Å². The van der Waals surface area contributed by atoms with E-state index in [1.165, 1.54) is 11.0 Å². The summed E-state index contributed by atoms with van der Waals surface area (Å²) in [5, 5.41) is 8.80. The van der Waals surface area contributed by atoms with E-state index in [4.69, 9.17) is 5.11 Å². The number of aliphatic carboxylic acids is 1. The minimum Gasteiger partial charge on any atom is -0.480 e. The third kappa shape index (κ3) is 3.75. The van der Waals surface area contributed by atoms with Gasteiger partial charge in [0.1, 0.15) is 6.54 Å².